The fourth-order valence-corrected chi connectivity index (χ4v) is 2.79. The summed E-state index contributed by atoms with van der Waals surface area (Å²) in [5, 5.41) is 15.2. The van der Waals surface area contributed by atoms with Crippen molar-refractivity contribution < 1.29 is 9.32 Å². The van der Waals surface area contributed by atoms with E-state index in [2.05, 4.69) is 31.6 Å². The lowest BCUT2D eigenvalue weighted by Gasteiger charge is -2.39. The number of carbonyl (C=O) groups excluding carboxylic acids is 1. The van der Waals surface area contributed by atoms with Gasteiger partial charge in [0, 0.05) is 37.5 Å². The Morgan fingerprint density at radius 2 is 2.17 bits per heavy atom. The summed E-state index contributed by atoms with van der Waals surface area (Å²) in [6.07, 6.45) is 2.48. The second kappa shape index (κ2) is 5.64. The second-order valence-electron chi connectivity index (χ2n) is 6.39. The molecule has 0 atom stereocenters. The van der Waals surface area contributed by atoms with E-state index < -0.39 is 0 Å². The lowest BCUT2D eigenvalue weighted by atomic mass is 10.00. The molecule has 1 aliphatic carbocycles. The minimum absolute atomic E-state index is 0.186. The summed E-state index contributed by atoms with van der Waals surface area (Å²) < 4.78 is 4.90. The van der Waals surface area contributed by atoms with Crippen LogP contribution >= 0.6 is 0 Å². The van der Waals surface area contributed by atoms with Gasteiger partial charge in [-0.2, -0.15) is 5.10 Å². The van der Waals surface area contributed by atoms with Gasteiger partial charge in [-0.05, 0) is 31.9 Å². The van der Waals surface area contributed by atoms with Gasteiger partial charge in [0.2, 0.25) is 0 Å². The Bertz CT molecular complexity index is 702. The molecule has 2 fully saturated rings. The van der Waals surface area contributed by atoms with Crippen molar-refractivity contribution in [2.24, 2.45) is 5.92 Å². The maximum Gasteiger partial charge on any atom is 0.273 e. The topological polar surface area (TPSA) is 84.2 Å². The van der Waals surface area contributed by atoms with Crippen LogP contribution in [-0.4, -0.2) is 40.9 Å². The van der Waals surface area contributed by atoms with E-state index in [1.807, 2.05) is 6.07 Å². The van der Waals surface area contributed by atoms with Crippen LogP contribution in [-0.2, 0) is 0 Å². The fourth-order valence-electron chi connectivity index (χ4n) is 2.79. The molecule has 7 heteroatoms. The molecule has 4 rings (SSSR count). The molecule has 0 bridgehead atoms. The van der Waals surface area contributed by atoms with Crippen LogP contribution in [0.1, 0.15) is 40.7 Å². The summed E-state index contributed by atoms with van der Waals surface area (Å²) in [5.41, 5.74) is 1.45. The number of aryl methyl sites for hydroxylation is 1. The van der Waals surface area contributed by atoms with Crippen LogP contribution in [0.2, 0.25) is 0 Å². The molecular formula is C16H19N5O2. The van der Waals surface area contributed by atoms with Crippen LogP contribution < -0.4 is 10.2 Å². The maximum atomic E-state index is 11.9. The predicted molar refractivity (Wildman–Crippen MR) is 83.3 cm³/mol. The first-order valence-electron chi connectivity index (χ1n) is 7.99. The van der Waals surface area contributed by atoms with E-state index >= 15 is 0 Å². The highest BCUT2D eigenvalue weighted by Crippen LogP contribution is 2.38. The van der Waals surface area contributed by atoms with Crippen molar-refractivity contribution in [1.29, 1.82) is 0 Å². The van der Waals surface area contributed by atoms with E-state index in [4.69, 9.17) is 4.52 Å². The highest BCUT2D eigenvalue weighted by atomic mass is 16.5. The number of anilines is 1. The van der Waals surface area contributed by atoms with Crippen molar-refractivity contribution in [3.63, 3.8) is 0 Å². The Balaban J connectivity index is 1.24. The minimum atomic E-state index is -0.186. The van der Waals surface area contributed by atoms with Crippen LogP contribution in [0.3, 0.4) is 0 Å². The number of nitrogens with zero attached hydrogens (tertiary/aromatic N) is 4. The molecule has 7 nitrogen and oxygen atoms in total. The standard InChI is InChI=1S/C16H19N5O2/c1-10-6-14(20-23-10)16(22)17-7-11-8-21(9-11)15-5-4-13(18-19-15)12-2-3-12/h4-6,11-12H,2-3,7-9H2,1H3,(H,17,22). The van der Waals surface area contributed by atoms with Crippen LogP contribution in [0.5, 0.6) is 0 Å². The van der Waals surface area contributed by atoms with Gasteiger partial charge < -0.3 is 14.7 Å². The van der Waals surface area contributed by atoms with Crippen LogP contribution in [0.25, 0.3) is 0 Å². The molecule has 1 saturated carbocycles. The molecule has 2 aliphatic rings. The quantitative estimate of drug-likeness (QED) is 0.901. The minimum Gasteiger partial charge on any atom is -0.361 e. The van der Waals surface area contributed by atoms with Gasteiger partial charge in [0.25, 0.3) is 5.91 Å². The van der Waals surface area contributed by atoms with E-state index in [1.54, 1.807) is 13.0 Å². The van der Waals surface area contributed by atoms with E-state index in [0.717, 1.165) is 24.6 Å². The Labute approximate surface area is 134 Å². The van der Waals surface area contributed by atoms with E-state index in [0.29, 0.717) is 29.8 Å². The molecule has 3 heterocycles. The normalized spacial score (nSPS) is 17.9. The number of nitrogens with one attached hydrogen (secondary N) is 1. The summed E-state index contributed by atoms with van der Waals surface area (Å²) in [5.74, 6) is 2.43. The van der Waals surface area contributed by atoms with Crippen LogP contribution in [0, 0.1) is 12.8 Å². The average molecular weight is 313 g/mol. The molecule has 0 unspecified atom stereocenters. The van der Waals surface area contributed by atoms with Crippen molar-refractivity contribution in [3.8, 4) is 0 Å². The highest BCUT2D eigenvalue weighted by molar-refractivity contribution is 5.92. The smallest absolute Gasteiger partial charge is 0.273 e. The van der Waals surface area contributed by atoms with Gasteiger partial charge in [0.05, 0.1) is 5.69 Å². The van der Waals surface area contributed by atoms with Gasteiger partial charge in [-0.3, -0.25) is 4.79 Å². The van der Waals surface area contributed by atoms with Crippen molar-refractivity contribution in [2.45, 2.75) is 25.7 Å². The molecule has 0 aromatic carbocycles. The van der Waals surface area contributed by atoms with Crippen molar-refractivity contribution >= 4 is 11.7 Å². The van der Waals surface area contributed by atoms with Crippen LogP contribution in [0.15, 0.2) is 22.7 Å². The second-order valence-corrected chi connectivity index (χ2v) is 6.39. The number of hydrogen-bond donors (Lipinski definition) is 1. The summed E-state index contributed by atoms with van der Waals surface area (Å²) in [6.45, 7) is 4.17. The third-order valence-corrected chi connectivity index (χ3v) is 4.36. The Morgan fingerprint density at radius 1 is 1.35 bits per heavy atom. The Kier molecular flexibility index (Phi) is 3.48. The lowest BCUT2D eigenvalue weighted by molar-refractivity contribution is 0.0935. The zero-order valence-electron chi connectivity index (χ0n) is 13.0. The van der Waals surface area contributed by atoms with E-state index in [9.17, 15) is 4.79 Å². The molecule has 0 spiro atoms. The monoisotopic (exact) mass is 313 g/mol. The molecular weight excluding hydrogens is 294 g/mol. The van der Waals surface area contributed by atoms with Crippen LogP contribution in [0.4, 0.5) is 5.82 Å². The summed E-state index contributed by atoms with van der Waals surface area (Å²) in [4.78, 5) is 14.1. The number of carbonyl (C=O) groups is 1. The Morgan fingerprint density at radius 3 is 2.78 bits per heavy atom. The number of amides is 1. The third kappa shape index (κ3) is 3.04. The first-order chi connectivity index (χ1) is 11.2. The van der Waals surface area contributed by atoms with Crippen molar-refractivity contribution in [2.75, 3.05) is 24.5 Å². The Hall–Kier alpha value is -2.44. The van der Waals surface area contributed by atoms with Gasteiger partial charge in [0.15, 0.2) is 11.5 Å². The molecule has 1 amide bonds. The summed E-state index contributed by atoms with van der Waals surface area (Å²) >= 11 is 0. The van der Waals surface area contributed by atoms with Gasteiger partial charge in [-0.25, -0.2) is 0 Å². The largest absolute Gasteiger partial charge is 0.361 e. The molecule has 0 radical (unpaired) electrons. The maximum absolute atomic E-state index is 11.9. The lowest BCUT2D eigenvalue weighted by Crippen LogP contribution is -2.52. The number of hydrogen-bond acceptors (Lipinski definition) is 6. The molecule has 1 N–H and O–H groups in total. The molecule has 2 aromatic rings. The number of rotatable bonds is 5. The number of aromatic nitrogens is 3. The van der Waals surface area contributed by atoms with Gasteiger partial charge in [-0.1, -0.05) is 5.16 Å². The third-order valence-electron chi connectivity index (χ3n) is 4.36. The zero-order valence-corrected chi connectivity index (χ0v) is 13.0. The van der Waals surface area contributed by atoms with Gasteiger partial charge in [-0.15, -0.1) is 5.10 Å². The zero-order chi connectivity index (χ0) is 15.8. The van der Waals surface area contributed by atoms with Crippen molar-refractivity contribution in [1.82, 2.24) is 20.7 Å². The molecule has 1 saturated heterocycles. The molecule has 2 aromatic heterocycles. The first-order valence-corrected chi connectivity index (χ1v) is 7.99. The summed E-state index contributed by atoms with van der Waals surface area (Å²) in [7, 11) is 0. The average Bonchev–Trinajstić information content (AvgIpc) is 3.27. The highest BCUT2D eigenvalue weighted by Gasteiger charge is 2.30. The molecule has 120 valence electrons. The van der Waals surface area contributed by atoms with Gasteiger partial charge in [0.1, 0.15) is 5.76 Å². The van der Waals surface area contributed by atoms with E-state index in [-0.39, 0.29) is 5.91 Å². The van der Waals surface area contributed by atoms with E-state index in [1.165, 1.54) is 12.8 Å². The summed E-state index contributed by atoms with van der Waals surface area (Å²) in [6, 6.07) is 5.77. The SMILES string of the molecule is Cc1cc(C(=O)NCC2CN(c3ccc(C4CC4)nn3)C2)no1. The van der Waals surface area contributed by atoms with Crippen molar-refractivity contribution in [3.05, 3.63) is 35.3 Å². The molecule has 1 aliphatic heterocycles. The molecule has 23 heavy (non-hydrogen) atoms. The van der Waals surface area contributed by atoms with Gasteiger partial charge >= 0.3 is 0 Å². The fraction of sp³-hybridized carbons (Fsp3) is 0.500. The first kappa shape index (κ1) is 14.2. The predicted octanol–water partition coefficient (Wildman–Crippen LogP) is 1.52.